The van der Waals surface area contributed by atoms with Gasteiger partial charge >= 0.3 is 0 Å². The van der Waals surface area contributed by atoms with Crippen LogP contribution in [-0.4, -0.2) is 37.4 Å². The van der Waals surface area contributed by atoms with Crippen LogP contribution in [0.5, 0.6) is 0 Å². The Morgan fingerprint density at radius 2 is 1.60 bits per heavy atom. The second kappa shape index (κ2) is 14.8. The molecule has 0 aromatic heterocycles. The molecule has 0 aliphatic carbocycles. The first-order valence-electron chi connectivity index (χ1n) is 4.78. The van der Waals surface area contributed by atoms with Crippen LogP contribution in [0, 0.1) is 0 Å². The van der Waals surface area contributed by atoms with Crippen molar-refractivity contribution in [3.05, 3.63) is 0 Å². The third-order valence-electron chi connectivity index (χ3n) is 1.47. The Bertz CT molecular complexity index is 147. The van der Waals surface area contributed by atoms with Gasteiger partial charge < -0.3 is 14.2 Å². The second-order valence-corrected chi connectivity index (χ2v) is 3.77. The van der Waals surface area contributed by atoms with E-state index in [4.69, 9.17) is 14.2 Å². The zero-order valence-corrected chi connectivity index (χ0v) is 12.8. The van der Waals surface area contributed by atoms with E-state index < -0.39 is 0 Å². The molecule has 0 rings (SSSR count). The summed E-state index contributed by atoms with van der Waals surface area (Å²) in [4.78, 5) is 0. The van der Waals surface area contributed by atoms with Crippen LogP contribution >= 0.6 is 24.8 Å². The molecule has 0 amide bonds. The van der Waals surface area contributed by atoms with Crippen molar-refractivity contribution in [2.75, 3.05) is 33.0 Å². The van der Waals surface area contributed by atoms with Gasteiger partial charge in [0.1, 0.15) is 6.61 Å². The number of unbranched alkanes of at least 4 members (excludes halogenated alkanes) is 1. The quantitative estimate of drug-likeness (QED) is 0.342. The zero-order chi connectivity index (χ0) is 10.6. The maximum absolute atomic E-state index is 5.30. The molecule has 3 nitrogen and oxygen atoms in total. The van der Waals surface area contributed by atoms with Crippen LogP contribution in [0.2, 0.25) is 0 Å². The summed E-state index contributed by atoms with van der Waals surface area (Å²) in [6.45, 7) is 5.18. The van der Waals surface area contributed by atoms with E-state index in [0.717, 1.165) is 19.4 Å². The number of rotatable bonds is 9. The van der Waals surface area contributed by atoms with Crippen molar-refractivity contribution in [1.29, 1.82) is 0 Å². The Kier molecular flexibility index (Phi) is 18.0. The van der Waals surface area contributed by atoms with Crippen molar-refractivity contribution in [3.63, 3.8) is 0 Å². The summed E-state index contributed by atoms with van der Waals surface area (Å²) in [5.74, 6) is 0. The fraction of sp³-hybridized carbons (Fsp3) is 0.889. The molecule has 0 aromatic carbocycles. The fourth-order valence-corrected chi connectivity index (χ4v) is 0.931. The minimum atomic E-state index is 0. The third kappa shape index (κ3) is 17.5. The summed E-state index contributed by atoms with van der Waals surface area (Å²) in [5, 5.41) is 0. The number of ether oxygens (including phenoxy) is 3. The van der Waals surface area contributed by atoms with Gasteiger partial charge in [-0.05, 0) is 18.6 Å². The van der Waals surface area contributed by atoms with E-state index in [-0.39, 0.29) is 25.4 Å². The molecule has 0 radical (unpaired) electrons. The van der Waals surface area contributed by atoms with Crippen LogP contribution < -0.4 is 0 Å². The molecule has 94 valence electrons. The molecule has 0 atom stereocenters. The van der Waals surface area contributed by atoms with Crippen LogP contribution in [0.15, 0.2) is 0 Å². The minimum absolute atomic E-state index is 0. The molecule has 0 aliphatic rings. The predicted molar refractivity (Wildman–Crippen MR) is 64.1 cm³/mol. The molecule has 6 heteroatoms. The Labute approximate surface area is 117 Å². The zero-order valence-electron chi connectivity index (χ0n) is 8.85. The van der Waals surface area contributed by atoms with Gasteiger partial charge in [-0.2, -0.15) is 0 Å². The molecule has 0 saturated carbocycles. The number of thiol groups is 1. The number of thiocarbonyl (C=S) groups is 1. The van der Waals surface area contributed by atoms with Gasteiger partial charge in [0.05, 0.1) is 19.8 Å². The van der Waals surface area contributed by atoms with Crippen molar-refractivity contribution in [3.8, 4) is 0 Å². The average Bonchev–Trinajstić information content (AvgIpc) is 2.15. The molecule has 0 N–H and O–H groups in total. The van der Waals surface area contributed by atoms with Crippen LogP contribution in [0.25, 0.3) is 0 Å². The molecular formula is C9H18O3PtS2. The molecule has 0 heterocycles. The van der Waals surface area contributed by atoms with Crippen molar-refractivity contribution in [1.82, 2.24) is 0 Å². The largest absolute Gasteiger partial charge is 0.476 e. The second-order valence-electron chi connectivity index (χ2n) is 2.69. The van der Waals surface area contributed by atoms with Gasteiger partial charge in [-0.25, -0.2) is 0 Å². The normalized spacial score (nSPS) is 9.47. The summed E-state index contributed by atoms with van der Waals surface area (Å²) >= 11 is 8.41. The van der Waals surface area contributed by atoms with Crippen LogP contribution in [-0.2, 0) is 35.3 Å². The fourth-order valence-electron chi connectivity index (χ4n) is 0.756. The van der Waals surface area contributed by atoms with Crippen molar-refractivity contribution < 1.29 is 35.3 Å². The molecular weight excluding hydrogens is 415 g/mol. The van der Waals surface area contributed by atoms with Gasteiger partial charge in [0.2, 0.25) is 4.38 Å². The summed E-state index contributed by atoms with van der Waals surface area (Å²) in [6, 6.07) is 0. The molecule has 0 unspecified atom stereocenters. The van der Waals surface area contributed by atoms with Gasteiger partial charge in [0, 0.05) is 27.7 Å². The molecule has 0 fully saturated rings. The van der Waals surface area contributed by atoms with E-state index in [9.17, 15) is 0 Å². The first-order valence-corrected chi connectivity index (χ1v) is 5.64. The monoisotopic (exact) mass is 433 g/mol. The van der Waals surface area contributed by atoms with Gasteiger partial charge in [-0.1, -0.05) is 26.0 Å². The Balaban J connectivity index is 0. The Hall–Kier alpha value is 0.848. The van der Waals surface area contributed by atoms with Crippen LogP contribution in [0.3, 0.4) is 0 Å². The standard InChI is InChI=1S/C9H18O3S2.Pt/c1-2-3-4-10-5-6-11-7-8-12-9(13)14;/h2-8H2,1H3,(H,13,14);. The third-order valence-corrected chi connectivity index (χ3v) is 1.71. The van der Waals surface area contributed by atoms with E-state index in [1.165, 1.54) is 0 Å². The van der Waals surface area contributed by atoms with Gasteiger partial charge in [-0.3, -0.25) is 0 Å². The average molecular weight is 433 g/mol. The van der Waals surface area contributed by atoms with Gasteiger partial charge in [0.25, 0.3) is 0 Å². The SMILES string of the molecule is CCCCOCCOCCOC(=S)S.[Pt]. The molecule has 15 heavy (non-hydrogen) atoms. The summed E-state index contributed by atoms with van der Waals surface area (Å²) in [7, 11) is 0. The summed E-state index contributed by atoms with van der Waals surface area (Å²) in [6.07, 6.45) is 2.27. The number of hydrogen-bond acceptors (Lipinski definition) is 4. The molecule has 0 aliphatic heterocycles. The predicted octanol–water partition coefficient (Wildman–Crippen LogP) is 2.05. The maximum Gasteiger partial charge on any atom is 0.216 e. The van der Waals surface area contributed by atoms with Gasteiger partial charge in [-0.15, -0.1) is 0 Å². The van der Waals surface area contributed by atoms with E-state index in [1.807, 2.05) is 0 Å². The van der Waals surface area contributed by atoms with Crippen LogP contribution in [0.1, 0.15) is 19.8 Å². The maximum atomic E-state index is 5.30. The van der Waals surface area contributed by atoms with E-state index in [2.05, 4.69) is 31.8 Å². The first-order chi connectivity index (χ1) is 6.77. The topological polar surface area (TPSA) is 27.7 Å². The Morgan fingerprint density at radius 3 is 2.13 bits per heavy atom. The summed E-state index contributed by atoms with van der Waals surface area (Å²) < 4.78 is 15.7. The van der Waals surface area contributed by atoms with E-state index in [0.29, 0.717) is 26.4 Å². The summed E-state index contributed by atoms with van der Waals surface area (Å²) in [5.41, 5.74) is 0. The van der Waals surface area contributed by atoms with Crippen molar-refractivity contribution in [2.45, 2.75) is 19.8 Å². The minimum Gasteiger partial charge on any atom is -0.476 e. The van der Waals surface area contributed by atoms with Crippen LogP contribution in [0.4, 0.5) is 0 Å². The van der Waals surface area contributed by atoms with Crippen molar-refractivity contribution in [2.24, 2.45) is 0 Å². The van der Waals surface area contributed by atoms with E-state index >= 15 is 0 Å². The van der Waals surface area contributed by atoms with Crippen molar-refractivity contribution >= 4 is 29.2 Å². The van der Waals surface area contributed by atoms with E-state index in [1.54, 1.807) is 0 Å². The first kappa shape index (κ1) is 18.2. The molecule has 0 aromatic rings. The molecule has 0 saturated heterocycles. The Morgan fingerprint density at radius 1 is 1.07 bits per heavy atom. The smallest absolute Gasteiger partial charge is 0.216 e. The van der Waals surface area contributed by atoms with Gasteiger partial charge in [0.15, 0.2) is 0 Å². The number of hydrogen-bond donors (Lipinski definition) is 1. The molecule has 0 spiro atoms. The molecule has 0 bridgehead atoms.